The van der Waals surface area contributed by atoms with Crippen molar-refractivity contribution in [1.82, 2.24) is 0 Å². The summed E-state index contributed by atoms with van der Waals surface area (Å²) in [7, 11) is 1.54. The van der Waals surface area contributed by atoms with Crippen molar-refractivity contribution in [2.24, 2.45) is 5.92 Å². The second-order valence-corrected chi connectivity index (χ2v) is 6.91. The Morgan fingerprint density at radius 3 is 2.76 bits per heavy atom. The van der Waals surface area contributed by atoms with Gasteiger partial charge in [0.05, 0.1) is 24.0 Å². The van der Waals surface area contributed by atoms with E-state index in [9.17, 15) is 22.8 Å². The number of halogens is 3. The van der Waals surface area contributed by atoms with Crippen LogP contribution in [0.5, 0.6) is 11.5 Å². The van der Waals surface area contributed by atoms with Crippen LogP contribution in [0.1, 0.15) is 23.5 Å². The molecule has 1 saturated carbocycles. The molecule has 0 bridgehead atoms. The fourth-order valence-electron chi connectivity index (χ4n) is 3.48. The number of fused-ring (bicyclic) bond motifs is 1. The summed E-state index contributed by atoms with van der Waals surface area (Å²) in [6.45, 7) is -0.339. The second kappa shape index (κ2) is 6.98. The van der Waals surface area contributed by atoms with E-state index in [1.807, 2.05) is 18.2 Å². The van der Waals surface area contributed by atoms with Crippen LogP contribution >= 0.6 is 0 Å². The number of amides is 2. The van der Waals surface area contributed by atoms with Gasteiger partial charge in [-0.3, -0.25) is 9.59 Å². The van der Waals surface area contributed by atoms with E-state index >= 15 is 0 Å². The predicted octanol–water partition coefficient (Wildman–Crippen LogP) is 3.79. The monoisotopic (exact) mass is 406 g/mol. The zero-order chi connectivity index (χ0) is 20.8. The van der Waals surface area contributed by atoms with Gasteiger partial charge >= 0.3 is 6.18 Å². The lowest BCUT2D eigenvalue weighted by Gasteiger charge is -2.23. The highest BCUT2D eigenvalue weighted by atomic mass is 19.4. The molecule has 2 atom stereocenters. The number of nitrogens with one attached hydrogen (secondary N) is 2. The van der Waals surface area contributed by atoms with Crippen molar-refractivity contribution in [2.75, 3.05) is 24.4 Å². The molecule has 9 heteroatoms. The first-order valence-corrected chi connectivity index (χ1v) is 8.89. The summed E-state index contributed by atoms with van der Waals surface area (Å²) in [6.07, 6.45) is -4.08. The van der Waals surface area contributed by atoms with Gasteiger partial charge in [-0.05, 0) is 36.1 Å². The van der Waals surface area contributed by atoms with Crippen molar-refractivity contribution in [3.8, 4) is 11.5 Å². The summed E-state index contributed by atoms with van der Waals surface area (Å²) < 4.78 is 50.3. The Morgan fingerprint density at radius 1 is 1.28 bits per heavy atom. The Bertz CT molecular complexity index is 990. The van der Waals surface area contributed by atoms with Crippen LogP contribution in [0.2, 0.25) is 0 Å². The number of benzene rings is 2. The number of hydrogen-bond donors (Lipinski definition) is 2. The number of para-hydroxylation sites is 1. The average molecular weight is 406 g/mol. The zero-order valence-electron chi connectivity index (χ0n) is 15.3. The van der Waals surface area contributed by atoms with Gasteiger partial charge in [-0.25, -0.2) is 0 Å². The van der Waals surface area contributed by atoms with Crippen molar-refractivity contribution in [2.45, 2.75) is 18.5 Å². The van der Waals surface area contributed by atoms with Crippen molar-refractivity contribution in [1.29, 1.82) is 0 Å². The summed E-state index contributed by atoms with van der Waals surface area (Å²) in [5.41, 5.74) is -0.354. The maximum atomic E-state index is 13.2. The Labute approximate surface area is 164 Å². The van der Waals surface area contributed by atoms with Crippen LogP contribution in [-0.4, -0.2) is 25.5 Å². The number of ether oxygens (including phenoxy) is 2. The van der Waals surface area contributed by atoms with Crippen LogP contribution in [0.4, 0.5) is 24.5 Å². The van der Waals surface area contributed by atoms with E-state index in [1.165, 1.54) is 7.11 Å². The highest BCUT2D eigenvalue weighted by molar-refractivity contribution is 6.01. The number of rotatable bonds is 4. The summed E-state index contributed by atoms with van der Waals surface area (Å²) in [5, 5.41) is 4.89. The van der Waals surface area contributed by atoms with Gasteiger partial charge in [-0.1, -0.05) is 18.2 Å². The molecule has 0 unspecified atom stereocenters. The van der Waals surface area contributed by atoms with E-state index in [0.29, 0.717) is 12.2 Å². The molecule has 0 radical (unpaired) electrons. The number of methoxy groups -OCH3 is 1. The van der Waals surface area contributed by atoms with E-state index in [-0.39, 0.29) is 29.6 Å². The fourth-order valence-corrected chi connectivity index (χ4v) is 3.48. The fraction of sp³-hybridized carbons (Fsp3) is 0.300. The van der Waals surface area contributed by atoms with Gasteiger partial charge in [-0.15, -0.1) is 0 Å². The maximum absolute atomic E-state index is 13.2. The minimum Gasteiger partial charge on any atom is -0.496 e. The molecular weight excluding hydrogens is 389 g/mol. The van der Waals surface area contributed by atoms with E-state index < -0.39 is 29.5 Å². The SMILES string of the molecule is COc1ccccc1[C@@H]1C[C@@H]1C(=O)Nc1cc(C(F)(F)F)cc2c1OCC(=O)N2. The molecule has 2 aromatic carbocycles. The Kier molecular flexibility index (Phi) is 4.60. The number of anilines is 2. The largest absolute Gasteiger partial charge is 0.496 e. The second-order valence-electron chi connectivity index (χ2n) is 6.91. The first kappa shape index (κ1) is 19.1. The highest BCUT2D eigenvalue weighted by Crippen LogP contribution is 2.51. The lowest BCUT2D eigenvalue weighted by Crippen LogP contribution is -2.27. The molecule has 152 valence electrons. The number of alkyl halides is 3. The first-order valence-electron chi connectivity index (χ1n) is 8.89. The minimum atomic E-state index is -4.64. The van der Waals surface area contributed by atoms with Gasteiger partial charge in [0.25, 0.3) is 5.91 Å². The van der Waals surface area contributed by atoms with Crippen LogP contribution in [-0.2, 0) is 15.8 Å². The van der Waals surface area contributed by atoms with E-state index in [1.54, 1.807) is 6.07 Å². The lowest BCUT2D eigenvalue weighted by atomic mass is 10.1. The van der Waals surface area contributed by atoms with Crippen molar-refractivity contribution in [3.63, 3.8) is 0 Å². The van der Waals surface area contributed by atoms with E-state index in [4.69, 9.17) is 9.47 Å². The summed E-state index contributed by atoms with van der Waals surface area (Å²) in [6, 6.07) is 8.92. The molecule has 2 amide bonds. The normalized spacial score (nSPS) is 20.2. The Hall–Kier alpha value is -3.23. The minimum absolute atomic E-state index is 0.0143. The smallest absolute Gasteiger partial charge is 0.416 e. The van der Waals surface area contributed by atoms with Crippen LogP contribution < -0.4 is 20.1 Å². The van der Waals surface area contributed by atoms with Crippen LogP contribution in [0.25, 0.3) is 0 Å². The van der Waals surface area contributed by atoms with Crippen LogP contribution in [0, 0.1) is 5.92 Å². The molecule has 1 aliphatic heterocycles. The molecule has 2 aliphatic rings. The molecule has 1 heterocycles. The van der Waals surface area contributed by atoms with Gasteiger partial charge < -0.3 is 20.1 Å². The average Bonchev–Trinajstić information content (AvgIpc) is 3.47. The topological polar surface area (TPSA) is 76.7 Å². The summed E-state index contributed by atoms with van der Waals surface area (Å²) in [5.74, 6) is -0.769. The van der Waals surface area contributed by atoms with Crippen molar-refractivity contribution >= 4 is 23.2 Å². The summed E-state index contributed by atoms with van der Waals surface area (Å²) in [4.78, 5) is 24.2. The third kappa shape index (κ3) is 3.72. The Morgan fingerprint density at radius 2 is 2.03 bits per heavy atom. The third-order valence-electron chi connectivity index (χ3n) is 4.96. The maximum Gasteiger partial charge on any atom is 0.416 e. The summed E-state index contributed by atoms with van der Waals surface area (Å²) >= 11 is 0. The molecule has 4 rings (SSSR count). The standard InChI is InChI=1S/C20H17F3N2O4/c1-28-16-5-3-2-4-11(16)12-8-13(12)19(27)25-15-7-10(20(21,22)23)6-14-18(15)29-9-17(26)24-14/h2-7,12-13H,8-9H2,1H3,(H,24,26)(H,25,27)/t12-,13-/m0/s1. The first-order chi connectivity index (χ1) is 13.8. The number of carbonyl (C=O) groups is 2. The van der Waals surface area contributed by atoms with Gasteiger partial charge in [0.15, 0.2) is 12.4 Å². The molecule has 6 nitrogen and oxygen atoms in total. The van der Waals surface area contributed by atoms with Crippen LogP contribution in [0.15, 0.2) is 36.4 Å². The molecule has 0 aromatic heterocycles. The number of hydrogen-bond acceptors (Lipinski definition) is 4. The van der Waals surface area contributed by atoms with Gasteiger partial charge in [0, 0.05) is 5.92 Å². The van der Waals surface area contributed by atoms with E-state index in [0.717, 1.165) is 17.7 Å². The van der Waals surface area contributed by atoms with Gasteiger partial charge in [-0.2, -0.15) is 13.2 Å². The van der Waals surface area contributed by atoms with Gasteiger partial charge in [0.1, 0.15) is 5.75 Å². The molecule has 29 heavy (non-hydrogen) atoms. The molecule has 2 N–H and O–H groups in total. The predicted molar refractivity (Wildman–Crippen MR) is 98.0 cm³/mol. The third-order valence-corrected chi connectivity index (χ3v) is 4.96. The zero-order valence-corrected chi connectivity index (χ0v) is 15.3. The molecular formula is C20H17F3N2O4. The molecule has 2 aromatic rings. The number of carbonyl (C=O) groups excluding carboxylic acids is 2. The van der Waals surface area contributed by atoms with Crippen molar-refractivity contribution < 1.29 is 32.2 Å². The van der Waals surface area contributed by atoms with Gasteiger partial charge in [0.2, 0.25) is 5.91 Å². The highest BCUT2D eigenvalue weighted by Gasteiger charge is 2.45. The quantitative estimate of drug-likeness (QED) is 0.810. The Balaban J connectivity index is 1.59. The molecule has 1 fully saturated rings. The van der Waals surface area contributed by atoms with Crippen molar-refractivity contribution in [3.05, 3.63) is 47.5 Å². The lowest BCUT2D eigenvalue weighted by molar-refractivity contribution is -0.137. The molecule has 1 aliphatic carbocycles. The van der Waals surface area contributed by atoms with Crippen LogP contribution in [0.3, 0.4) is 0 Å². The molecule has 0 spiro atoms. The molecule has 0 saturated heterocycles. The van der Waals surface area contributed by atoms with E-state index in [2.05, 4.69) is 10.6 Å².